The Morgan fingerprint density at radius 2 is 1.85 bits per heavy atom. The van der Waals surface area contributed by atoms with E-state index in [2.05, 4.69) is 4.98 Å². The number of carboxylic acid groups (broad SMARTS) is 1. The van der Waals surface area contributed by atoms with E-state index in [0.29, 0.717) is 11.1 Å². The standard InChI is InChI=1S/C27H28F3NO3/c1-17-15-18-9-5-6-11-20(18)21(23(17)24(25(32)33)34-26(2,3)4)12-7-13-22(27(28,29)30)19-10-8-14-31-16-19/h5-6,8-11,13-16,24H,7,12H2,1-4H3,(H,32,33). The number of ether oxygens (including phenoxy) is 1. The second kappa shape index (κ2) is 9.97. The van der Waals surface area contributed by atoms with Crippen LogP contribution >= 0.6 is 0 Å². The predicted octanol–water partition coefficient (Wildman–Crippen LogP) is 7.06. The lowest BCUT2D eigenvalue weighted by Gasteiger charge is -2.28. The summed E-state index contributed by atoms with van der Waals surface area (Å²) in [6.07, 6.45) is -1.75. The molecule has 1 N–H and O–H groups in total. The Kier molecular flexibility index (Phi) is 7.46. The number of hydrogen-bond donors (Lipinski definition) is 1. The number of benzene rings is 2. The van der Waals surface area contributed by atoms with E-state index in [-0.39, 0.29) is 18.4 Å². The van der Waals surface area contributed by atoms with Crippen LogP contribution in [0.2, 0.25) is 0 Å². The third-order valence-electron chi connectivity index (χ3n) is 5.39. The molecule has 1 atom stereocenters. The van der Waals surface area contributed by atoms with Gasteiger partial charge in [0.25, 0.3) is 0 Å². The van der Waals surface area contributed by atoms with Crippen LogP contribution in [0.25, 0.3) is 16.3 Å². The normalized spacial score (nSPS) is 13.8. The highest BCUT2D eigenvalue weighted by Crippen LogP contribution is 2.37. The minimum atomic E-state index is -4.54. The lowest BCUT2D eigenvalue weighted by Crippen LogP contribution is -2.28. The number of nitrogens with zero attached hydrogens (tertiary/aromatic N) is 1. The molecule has 34 heavy (non-hydrogen) atoms. The second-order valence-corrected chi connectivity index (χ2v) is 9.15. The van der Waals surface area contributed by atoms with Crippen LogP contribution in [-0.2, 0) is 16.0 Å². The number of allylic oxidation sites excluding steroid dienone is 2. The van der Waals surface area contributed by atoms with Crippen molar-refractivity contribution in [2.75, 3.05) is 0 Å². The van der Waals surface area contributed by atoms with E-state index in [0.717, 1.165) is 22.4 Å². The maximum atomic E-state index is 13.8. The van der Waals surface area contributed by atoms with Gasteiger partial charge in [-0.15, -0.1) is 0 Å². The first-order chi connectivity index (χ1) is 15.9. The molecule has 3 rings (SSSR count). The highest BCUT2D eigenvalue weighted by atomic mass is 19.4. The van der Waals surface area contributed by atoms with Crippen LogP contribution in [-0.4, -0.2) is 27.8 Å². The SMILES string of the molecule is Cc1cc2ccccc2c(CCC=C(c2cccnc2)C(F)(F)F)c1C(OC(C)(C)C)C(=O)O. The molecule has 0 aliphatic rings. The molecule has 1 unspecified atom stereocenters. The van der Waals surface area contributed by atoms with Gasteiger partial charge < -0.3 is 9.84 Å². The third kappa shape index (κ3) is 6.03. The van der Waals surface area contributed by atoms with Crippen LogP contribution in [0.5, 0.6) is 0 Å². The van der Waals surface area contributed by atoms with Gasteiger partial charge in [0.15, 0.2) is 6.10 Å². The molecule has 0 amide bonds. The Hall–Kier alpha value is -3.19. The number of aromatic nitrogens is 1. The average molecular weight is 472 g/mol. The van der Waals surface area contributed by atoms with Crippen molar-refractivity contribution in [3.05, 3.63) is 83.2 Å². The molecule has 4 nitrogen and oxygen atoms in total. The molecule has 0 spiro atoms. The summed E-state index contributed by atoms with van der Waals surface area (Å²) in [4.78, 5) is 16.0. The zero-order valence-electron chi connectivity index (χ0n) is 19.6. The van der Waals surface area contributed by atoms with Gasteiger partial charge in [-0.3, -0.25) is 4.98 Å². The van der Waals surface area contributed by atoms with Crippen LogP contribution in [0.3, 0.4) is 0 Å². The number of alkyl halides is 3. The Balaban J connectivity index is 2.11. The van der Waals surface area contributed by atoms with Crippen LogP contribution in [0.1, 0.15) is 55.5 Å². The average Bonchev–Trinajstić information content (AvgIpc) is 2.74. The Morgan fingerprint density at radius 3 is 2.44 bits per heavy atom. The van der Waals surface area contributed by atoms with Crippen LogP contribution in [0.4, 0.5) is 13.2 Å². The topological polar surface area (TPSA) is 59.4 Å². The molecule has 0 saturated heterocycles. The molecule has 0 fully saturated rings. The highest BCUT2D eigenvalue weighted by molar-refractivity contribution is 5.90. The summed E-state index contributed by atoms with van der Waals surface area (Å²) in [5.74, 6) is -1.14. The maximum absolute atomic E-state index is 13.8. The molecule has 1 aromatic heterocycles. The smallest absolute Gasteiger partial charge is 0.416 e. The van der Waals surface area contributed by atoms with E-state index in [4.69, 9.17) is 4.74 Å². The van der Waals surface area contributed by atoms with E-state index in [1.807, 2.05) is 30.3 Å². The van der Waals surface area contributed by atoms with Gasteiger partial charge in [0, 0.05) is 18.0 Å². The maximum Gasteiger partial charge on any atom is 0.416 e. The van der Waals surface area contributed by atoms with Gasteiger partial charge >= 0.3 is 12.1 Å². The molecule has 2 aromatic carbocycles. The minimum Gasteiger partial charge on any atom is -0.479 e. The number of halogens is 3. The largest absolute Gasteiger partial charge is 0.479 e. The van der Waals surface area contributed by atoms with Crippen molar-refractivity contribution in [3.8, 4) is 0 Å². The summed E-state index contributed by atoms with van der Waals surface area (Å²) >= 11 is 0. The Morgan fingerprint density at radius 1 is 1.15 bits per heavy atom. The highest BCUT2D eigenvalue weighted by Gasteiger charge is 2.35. The van der Waals surface area contributed by atoms with Crippen molar-refractivity contribution in [1.82, 2.24) is 4.98 Å². The number of carboxylic acids is 1. The minimum absolute atomic E-state index is 0.0104. The fourth-order valence-corrected chi connectivity index (χ4v) is 4.09. The molecule has 3 aromatic rings. The van der Waals surface area contributed by atoms with Crippen LogP contribution < -0.4 is 0 Å². The van der Waals surface area contributed by atoms with Gasteiger partial charge in [0.1, 0.15) is 0 Å². The molecule has 180 valence electrons. The van der Waals surface area contributed by atoms with E-state index < -0.39 is 29.4 Å². The van der Waals surface area contributed by atoms with Crippen molar-refractivity contribution in [3.63, 3.8) is 0 Å². The van der Waals surface area contributed by atoms with Crippen molar-refractivity contribution in [2.24, 2.45) is 0 Å². The third-order valence-corrected chi connectivity index (χ3v) is 5.39. The predicted molar refractivity (Wildman–Crippen MR) is 126 cm³/mol. The number of aliphatic carboxylic acids is 1. The molecule has 0 saturated carbocycles. The molecular weight excluding hydrogens is 443 g/mol. The summed E-state index contributed by atoms with van der Waals surface area (Å²) < 4.78 is 47.2. The van der Waals surface area contributed by atoms with Gasteiger partial charge in [-0.25, -0.2) is 4.79 Å². The van der Waals surface area contributed by atoms with E-state index in [1.54, 1.807) is 27.7 Å². The molecule has 0 aliphatic heterocycles. The number of pyridine rings is 1. The molecule has 0 aliphatic carbocycles. The molecule has 7 heteroatoms. The summed E-state index contributed by atoms with van der Waals surface area (Å²) in [5, 5.41) is 11.7. The monoisotopic (exact) mass is 471 g/mol. The number of hydrogen-bond acceptors (Lipinski definition) is 3. The Labute approximate surface area is 197 Å². The lowest BCUT2D eigenvalue weighted by molar-refractivity contribution is -0.160. The summed E-state index contributed by atoms with van der Waals surface area (Å²) in [6.45, 7) is 7.11. The number of fused-ring (bicyclic) bond motifs is 1. The fraction of sp³-hybridized carbons (Fsp3) is 0.333. The molecule has 1 heterocycles. The first-order valence-electron chi connectivity index (χ1n) is 11.0. The lowest BCUT2D eigenvalue weighted by atomic mass is 9.88. The number of aryl methyl sites for hydroxylation is 2. The summed E-state index contributed by atoms with van der Waals surface area (Å²) in [6, 6.07) is 12.2. The van der Waals surface area contributed by atoms with Gasteiger partial charge in [-0.1, -0.05) is 42.5 Å². The zero-order valence-corrected chi connectivity index (χ0v) is 19.6. The second-order valence-electron chi connectivity index (χ2n) is 9.15. The van der Waals surface area contributed by atoms with Crippen molar-refractivity contribution in [2.45, 2.75) is 58.4 Å². The summed E-state index contributed by atoms with van der Waals surface area (Å²) in [5.41, 5.74) is 0.379. The number of rotatable bonds is 7. The van der Waals surface area contributed by atoms with Gasteiger partial charge in [0.2, 0.25) is 0 Å². The molecule has 0 radical (unpaired) electrons. The summed E-state index contributed by atoms with van der Waals surface area (Å²) in [7, 11) is 0. The van der Waals surface area contributed by atoms with E-state index in [1.165, 1.54) is 24.5 Å². The fourth-order valence-electron chi connectivity index (χ4n) is 4.09. The van der Waals surface area contributed by atoms with E-state index in [9.17, 15) is 23.1 Å². The quantitative estimate of drug-likeness (QED) is 0.401. The molecular formula is C27H28F3NO3. The van der Waals surface area contributed by atoms with Crippen LogP contribution in [0.15, 0.2) is 60.9 Å². The van der Waals surface area contributed by atoms with Crippen molar-refractivity contribution >= 4 is 22.3 Å². The number of carbonyl (C=O) groups is 1. The first-order valence-corrected chi connectivity index (χ1v) is 11.0. The Bertz CT molecular complexity index is 1200. The van der Waals surface area contributed by atoms with Gasteiger partial charge in [0.05, 0.1) is 11.2 Å². The van der Waals surface area contributed by atoms with Gasteiger partial charge in [-0.2, -0.15) is 13.2 Å². The van der Waals surface area contributed by atoms with E-state index >= 15 is 0 Å². The van der Waals surface area contributed by atoms with Gasteiger partial charge in [-0.05, 0) is 74.1 Å². The zero-order chi connectivity index (χ0) is 25.1. The first kappa shape index (κ1) is 25.4. The molecule has 0 bridgehead atoms. The van der Waals surface area contributed by atoms with Crippen molar-refractivity contribution < 1.29 is 27.8 Å². The van der Waals surface area contributed by atoms with Crippen LogP contribution in [0, 0.1) is 6.92 Å². The van der Waals surface area contributed by atoms with Crippen molar-refractivity contribution in [1.29, 1.82) is 0 Å².